The predicted molar refractivity (Wildman–Crippen MR) is 35.2 cm³/mol. The van der Waals surface area contributed by atoms with Gasteiger partial charge in [0.2, 0.25) is 0 Å². The molecule has 3 heteroatoms. The Morgan fingerprint density at radius 1 is 1.67 bits per heavy atom. The number of ether oxygens (including phenoxy) is 1. The molecule has 1 N–H and O–H groups in total. The van der Waals surface area contributed by atoms with Crippen molar-refractivity contribution in [1.82, 2.24) is 5.32 Å². The second kappa shape index (κ2) is 5.56. The van der Waals surface area contributed by atoms with Crippen molar-refractivity contribution in [3.05, 3.63) is 0 Å². The molecular weight excluding hydrogens is 118 g/mol. The summed E-state index contributed by atoms with van der Waals surface area (Å²) >= 11 is 0. The second-order valence-electron chi connectivity index (χ2n) is 1.75. The molecule has 0 aromatic heterocycles. The van der Waals surface area contributed by atoms with E-state index in [-0.39, 0.29) is 5.97 Å². The van der Waals surface area contributed by atoms with E-state index in [1.165, 1.54) is 0 Å². The zero-order chi connectivity index (χ0) is 7.11. The minimum Gasteiger partial charge on any atom is -0.465 e. The van der Waals surface area contributed by atoms with Crippen molar-refractivity contribution < 1.29 is 9.53 Å². The molecule has 0 aliphatic rings. The highest BCUT2D eigenvalue weighted by atomic mass is 16.5. The zero-order valence-electron chi connectivity index (χ0n) is 5.94. The Hall–Kier alpha value is -0.570. The molecule has 0 saturated carbocycles. The summed E-state index contributed by atoms with van der Waals surface area (Å²) in [6.07, 6.45) is 0.884. The van der Waals surface area contributed by atoms with Crippen molar-refractivity contribution >= 4 is 5.97 Å². The first-order valence-corrected chi connectivity index (χ1v) is 3.11. The lowest BCUT2D eigenvalue weighted by Crippen LogP contribution is -2.20. The van der Waals surface area contributed by atoms with Gasteiger partial charge in [-0.2, -0.15) is 0 Å². The van der Waals surface area contributed by atoms with E-state index in [0.29, 0.717) is 13.2 Å². The predicted octanol–water partition coefficient (Wildman–Crippen LogP) is 0.159. The van der Waals surface area contributed by atoms with Gasteiger partial charge in [0.1, 0.15) is 0 Å². The molecule has 0 radical (unpaired) electrons. The lowest BCUT2D eigenvalue weighted by atomic mass is 10.5. The van der Waals surface area contributed by atoms with Crippen molar-refractivity contribution in [1.29, 1.82) is 0 Å². The van der Waals surface area contributed by atoms with E-state index in [0.717, 1.165) is 6.42 Å². The highest BCUT2D eigenvalue weighted by Gasteiger charge is 1.96. The molecule has 0 atom stereocenters. The van der Waals surface area contributed by atoms with E-state index in [1.54, 1.807) is 7.05 Å². The Balaban J connectivity index is 3.06. The third kappa shape index (κ3) is 5.30. The molecule has 54 valence electrons. The molecule has 0 aromatic carbocycles. The molecule has 0 rings (SSSR count). The van der Waals surface area contributed by atoms with Crippen LogP contribution in [0.5, 0.6) is 0 Å². The van der Waals surface area contributed by atoms with E-state index in [1.807, 2.05) is 6.92 Å². The standard InChI is InChI=1S/C6H13NO2/c1-3-4-9-6(8)5-7-2/h7H,3-5H2,1-2H3. The van der Waals surface area contributed by atoms with Gasteiger partial charge < -0.3 is 10.1 Å². The lowest BCUT2D eigenvalue weighted by Gasteiger charge is -1.99. The first kappa shape index (κ1) is 8.43. The first-order valence-electron chi connectivity index (χ1n) is 3.11. The summed E-state index contributed by atoms with van der Waals surface area (Å²) in [4.78, 5) is 10.5. The van der Waals surface area contributed by atoms with Gasteiger partial charge in [-0.3, -0.25) is 4.79 Å². The van der Waals surface area contributed by atoms with Gasteiger partial charge in [-0.05, 0) is 13.5 Å². The molecule has 0 fully saturated rings. The number of esters is 1. The van der Waals surface area contributed by atoms with Crippen molar-refractivity contribution in [3.8, 4) is 0 Å². The lowest BCUT2D eigenvalue weighted by molar-refractivity contribution is -0.142. The fraction of sp³-hybridized carbons (Fsp3) is 0.833. The maximum atomic E-state index is 10.5. The molecule has 0 aliphatic carbocycles. The summed E-state index contributed by atoms with van der Waals surface area (Å²) in [7, 11) is 1.72. The maximum absolute atomic E-state index is 10.5. The van der Waals surface area contributed by atoms with Crippen molar-refractivity contribution in [2.75, 3.05) is 20.2 Å². The van der Waals surface area contributed by atoms with Crippen LogP contribution in [0.2, 0.25) is 0 Å². The number of hydrogen-bond donors (Lipinski definition) is 1. The number of hydrogen-bond acceptors (Lipinski definition) is 3. The molecule has 0 amide bonds. The molecule has 0 unspecified atom stereocenters. The zero-order valence-corrected chi connectivity index (χ0v) is 5.94. The van der Waals surface area contributed by atoms with E-state index < -0.39 is 0 Å². The monoisotopic (exact) mass is 131 g/mol. The number of nitrogens with one attached hydrogen (secondary N) is 1. The van der Waals surface area contributed by atoms with Crippen LogP contribution in [0.1, 0.15) is 13.3 Å². The topological polar surface area (TPSA) is 38.3 Å². The van der Waals surface area contributed by atoms with Crippen LogP contribution in [0.25, 0.3) is 0 Å². The van der Waals surface area contributed by atoms with Crippen molar-refractivity contribution in [2.45, 2.75) is 13.3 Å². The Labute approximate surface area is 55.4 Å². The van der Waals surface area contributed by atoms with Gasteiger partial charge in [-0.25, -0.2) is 0 Å². The summed E-state index contributed by atoms with van der Waals surface area (Å²) in [5.74, 6) is -0.181. The molecule has 0 aromatic rings. The minimum atomic E-state index is -0.181. The highest BCUT2D eigenvalue weighted by molar-refractivity contribution is 5.71. The smallest absolute Gasteiger partial charge is 0.319 e. The average Bonchev–Trinajstić information content (AvgIpc) is 1.85. The van der Waals surface area contributed by atoms with Crippen LogP contribution >= 0.6 is 0 Å². The van der Waals surface area contributed by atoms with Crippen LogP contribution in [0.3, 0.4) is 0 Å². The summed E-state index contributed by atoms with van der Waals surface area (Å²) in [5.41, 5.74) is 0. The number of likely N-dealkylation sites (N-methyl/N-ethyl adjacent to an activating group) is 1. The summed E-state index contributed by atoms with van der Waals surface area (Å²) < 4.78 is 4.73. The molecule has 0 heterocycles. The van der Waals surface area contributed by atoms with Gasteiger partial charge >= 0.3 is 5.97 Å². The van der Waals surface area contributed by atoms with E-state index >= 15 is 0 Å². The quantitative estimate of drug-likeness (QED) is 0.552. The van der Waals surface area contributed by atoms with Gasteiger partial charge in [-0.15, -0.1) is 0 Å². The Morgan fingerprint density at radius 2 is 2.33 bits per heavy atom. The maximum Gasteiger partial charge on any atom is 0.319 e. The normalized spacial score (nSPS) is 9.11. The Bertz CT molecular complexity index is 83.1. The van der Waals surface area contributed by atoms with Gasteiger partial charge in [0.05, 0.1) is 13.2 Å². The number of carbonyl (C=O) groups excluding carboxylic acids is 1. The summed E-state index contributed by atoms with van der Waals surface area (Å²) in [6, 6.07) is 0. The molecule has 9 heavy (non-hydrogen) atoms. The molecule has 0 saturated heterocycles. The third-order valence-corrected chi connectivity index (χ3v) is 0.788. The highest BCUT2D eigenvalue weighted by Crippen LogP contribution is 1.79. The SMILES string of the molecule is CCCOC(=O)CNC. The van der Waals surface area contributed by atoms with E-state index in [2.05, 4.69) is 5.32 Å². The average molecular weight is 131 g/mol. The second-order valence-corrected chi connectivity index (χ2v) is 1.75. The summed E-state index contributed by atoms with van der Waals surface area (Å²) in [5, 5.41) is 2.70. The van der Waals surface area contributed by atoms with Crippen LogP contribution in [0, 0.1) is 0 Å². The fourth-order valence-corrected chi connectivity index (χ4v) is 0.411. The van der Waals surface area contributed by atoms with Crippen LogP contribution in [0.4, 0.5) is 0 Å². The molecule has 3 nitrogen and oxygen atoms in total. The number of rotatable bonds is 4. The Kier molecular flexibility index (Phi) is 5.21. The Morgan fingerprint density at radius 3 is 2.78 bits per heavy atom. The van der Waals surface area contributed by atoms with Gasteiger partial charge in [0.25, 0.3) is 0 Å². The fourth-order valence-electron chi connectivity index (χ4n) is 0.411. The minimum absolute atomic E-state index is 0.181. The van der Waals surface area contributed by atoms with Gasteiger partial charge in [-0.1, -0.05) is 6.92 Å². The van der Waals surface area contributed by atoms with Gasteiger partial charge in [0, 0.05) is 0 Å². The molecular formula is C6H13NO2. The van der Waals surface area contributed by atoms with Crippen molar-refractivity contribution in [3.63, 3.8) is 0 Å². The van der Waals surface area contributed by atoms with Crippen LogP contribution in [0.15, 0.2) is 0 Å². The molecule has 0 aliphatic heterocycles. The van der Waals surface area contributed by atoms with E-state index in [4.69, 9.17) is 4.74 Å². The largest absolute Gasteiger partial charge is 0.465 e. The van der Waals surface area contributed by atoms with Crippen LogP contribution in [-0.4, -0.2) is 26.2 Å². The number of carbonyl (C=O) groups is 1. The van der Waals surface area contributed by atoms with Crippen LogP contribution < -0.4 is 5.32 Å². The van der Waals surface area contributed by atoms with Crippen LogP contribution in [-0.2, 0) is 9.53 Å². The molecule has 0 spiro atoms. The van der Waals surface area contributed by atoms with E-state index in [9.17, 15) is 4.79 Å². The third-order valence-electron chi connectivity index (χ3n) is 0.788. The first-order chi connectivity index (χ1) is 4.31. The van der Waals surface area contributed by atoms with Gasteiger partial charge in [0.15, 0.2) is 0 Å². The van der Waals surface area contributed by atoms with Crippen molar-refractivity contribution in [2.24, 2.45) is 0 Å². The molecule has 0 bridgehead atoms. The summed E-state index contributed by atoms with van der Waals surface area (Å²) in [6.45, 7) is 2.80.